The molecule has 0 unspecified atom stereocenters. The van der Waals surface area contributed by atoms with Gasteiger partial charge in [0, 0.05) is 5.02 Å². The van der Waals surface area contributed by atoms with Crippen LogP contribution < -0.4 is 0 Å². The molecule has 3 heteroatoms. The summed E-state index contributed by atoms with van der Waals surface area (Å²) >= 11 is 5.91. The van der Waals surface area contributed by atoms with Gasteiger partial charge >= 0.3 is 0 Å². The van der Waals surface area contributed by atoms with E-state index in [0.717, 1.165) is 24.3 Å². The van der Waals surface area contributed by atoms with Crippen LogP contribution in [0.15, 0.2) is 60.7 Å². The molecule has 0 heterocycles. The topological polar surface area (TPSA) is 0 Å². The molecule has 4 rings (SSSR count). The summed E-state index contributed by atoms with van der Waals surface area (Å²) < 4.78 is 29.5. The van der Waals surface area contributed by atoms with E-state index >= 15 is 0 Å². The molecule has 0 N–H and O–H groups in total. The highest BCUT2D eigenvalue weighted by atomic mass is 35.5. The number of hydrogen-bond donors (Lipinski definition) is 0. The van der Waals surface area contributed by atoms with E-state index in [4.69, 9.17) is 11.6 Å². The molecule has 0 bridgehead atoms. The van der Waals surface area contributed by atoms with Crippen LogP contribution >= 0.6 is 11.6 Å². The summed E-state index contributed by atoms with van der Waals surface area (Å²) in [4.78, 5) is 0. The Labute approximate surface area is 214 Å². The Hall–Kier alpha value is -2.19. The molecule has 1 fully saturated rings. The second kappa shape index (κ2) is 12.7. The van der Waals surface area contributed by atoms with E-state index in [2.05, 4.69) is 31.2 Å². The first-order valence-electron chi connectivity index (χ1n) is 13.3. The summed E-state index contributed by atoms with van der Waals surface area (Å²) in [6, 6.07) is 18.9. The average molecular weight is 495 g/mol. The Balaban J connectivity index is 1.22. The third-order valence-electron chi connectivity index (χ3n) is 7.73. The van der Waals surface area contributed by atoms with Gasteiger partial charge in [0.25, 0.3) is 0 Å². The van der Waals surface area contributed by atoms with Crippen molar-refractivity contribution >= 4 is 11.6 Å². The van der Waals surface area contributed by atoms with Gasteiger partial charge in [-0.3, -0.25) is 0 Å². The molecule has 0 aromatic heterocycles. The van der Waals surface area contributed by atoms with E-state index in [9.17, 15) is 8.78 Å². The highest BCUT2D eigenvalue weighted by Gasteiger charge is 2.21. The lowest BCUT2D eigenvalue weighted by atomic mass is 9.77. The molecule has 186 valence electrons. The molecule has 3 aromatic carbocycles. The highest BCUT2D eigenvalue weighted by molar-refractivity contribution is 6.30. The van der Waals surface area contributed by atoms with Crippen LogP contribution in [0.25, 0.3) is 11.1 Å². The summed E-state index contributed by atoms with van der Waals surface area (Å²) in [6.07, 6.45) is 12.9. The molecule has 1 aliphatic rings. The van der Waals surface area contributed by atoms with Crippen molar-refractivity contribution in [2.45, 2.75) is 77.6 Å². The Kier molecular flexibility index (Phi) is 9.38. The number of unbranched alkanes of at least 4 members (excludes halogenated alkanes) is 1. The van der Waals surface area contributed by atoms with Gasteiger partial charge in [0.2, 0.25) is 0 Å². The second-order valence-electron chi connectivity index (χ2n) is 10.3. The molecule has 35 heavy (non-hydrogen) atoms. The molecule has 3 aromatic rings. The van der Waals surface area contributed by atoms with Gasteiger partial charge in [-0.15, -0.1) is 0 Å². The minimum atomic E-state index is -0.496. The molecule has 1 saturated carbocycles. The average Bonchev–Trinajstić information content (AvgIpc) is 2.87. The number of halogens is 3. The van der Waals surface area contributed by atoms with Crippen LogP contribution in [0.5, 0.6) is 0 Å². The summed E-state index contributed by atoms with van der Waals surface area (Å²) in [5, 5.41) is 0.553. The molecule has 0 aliphatic heterocycles. The molecular formula is C32H37ClF2. The molecule has 0 amide bonds. The monoisotopic (exact) mass is 494 g/mol. The van der Waals surface area contributed by atoms with Crippen molar-refractivity contribution in [3.63, 3.8) is 0 Å². The molecule has 0 nitrogen and oxygen atoms in total. The predicted octanol–water partition coefficient (Wildman–Crippen LogP) is 10.00. The van der Waals surface area contributed by atoms with Crippen LogP contribution in [0.2, 0.25) is 5.02 Å². The van der Waals surface area contributed by atoms with Crippen LogP contribution in [-0.2, 0) is 19.3 Å². The second-order valence-corrected chi connectivity index (χ2v) is 10.8. The van der Waals surface area contributed by atoms with Crippen molar-refractivity contribution in [1.82, 2.24) is 0 Å². The van der Waals surface area contributed by atoms with Crippen molar-refractivity contribution in [3.05, 3.63) is 94.0 Å². The molecule has 0 atom stereocenters. The van der Waals surface area contributed by atoms with Gasteiger partial charge in [0.15, 0.2) is 0 Å². The number of aryl methyl sites for hydroxylation is 3. The molecule has 0 spiro atoms. The van der Waals surface area contributed by atoms with E-state index in [-0.39, 0.29) is 5.56 Å². The zero-order valence-corrected chi connectivity index (χ0v) is 21.6. The Morgan fingerprint density at radius 2 is 1.17 bits per heavy atom. The molecule has 0 radical (unpaired) electrons. The fourth-order valence-corrected chi connectivity index (χ4v) is 5.59. The van der Waals surface area contributed by atoms with E-state index in [0.29, 0.717) is 16.5 Å². The first-order valence-corrected chi connectivity index (χ1v) is 13.7. The third kappa shape index (κ3) is 7.40. The van der Waals surface area contributed by atoms with Gasteiger partial charge in [-0.2, -0.15) is 0 Å². The van der Waals surface area contributed by atoms with Crippen molar-refractivity contribution in [1.29, 1.82) is 0 Å². The molecule has 0 saturated heterocycles. The van der Waals surface area contributed by atoms with E-state index in [1.807, 2.05) is 0 Å². The van der Waals surface area contributed by atoms with Gasteiger partial charge in [0.05, 0.1) is 5.56 Å². The Morgan fingerprint density at radius 3 is 1.69 bits per heavy atom. The zero-order valence-electron chi connectivity index (χ0n) is 20.8. The van der Waals surface area contributed by atoms with Crippen molar-refractivity contribution < 1.29 is 8.78 Å². The van der Waals surface area contributed by atoms with Crippen LogP contribution in [0.3, 0.4) is 0 Å². The first-order chi connectivity index (χ1) is 17.0. The van der Waals surface area contributed by atoms with Gasteiger partial charge < -0.3 is 0 Å². The molecular weight excluding hydrogens is 458 g/mol. The van der Waals surface area contributed by atoms with E-state index in [1.165, 1.54) is 81.0 Å². The summed E-state index contributed by atoms with van der Waals surface area (Å²) in [5.74, 6) is 0.472. The fourth-order valence-electron chi connectivity index (χ4n) is 5.47. The van der Waals surface area contributed by atoms with Crippen LogP contribution in [-0.4, -0.2) is 0 Å². The summed E-state index contributed by atoms with van der Waals surface area (Å²) in [5.41, 5.74) is 4.21. The maximum absolute atomic E-state index is 14.7. The minimum Gasteiger partial charge on any atom is -0.206 e. The highest BCUT2D eigenvalue weighted by Crippen LogP contribution is 2.35. The standard InChI is InChI=1S/C32H37ClF2/c1-2-3-4-23-5-7-24(8-6-23)9-10-25-11-13-26(14-12-25)15-16-27-21-30(34)32(31(35)22-27)28-17-19-29(33)20-18-28/h5-8,17-22,25-26H,2-4,9-16H2,1H3. The smallest absolute Gasteiger partial charge is 0.134 e. The zero-order chi connectivity index (χ0) is 24.6. The Bertz CT molecular complexity index is 1040. The van der Waals surface area contributed by atoms with Crippen molar-refractivity contribution in [3.8, 4) is 11.1 Å². The van der Waals surface area contributed by atoms with Gasteiger partial charge in [-0.05, 0) is 96.9 Å². The van der Waals surface area contributed by atoms with Crippen LogP contribution in [0, 0.1) is 23.5 Å². The van der Waals surface area contributed by atoms with Gasteiger partial charge in [-0.1, -0.05) is 87.0 Å². The normalized spacial score (nSPS) is 18.1. The van der Waals surface area contributed by atoms with Crippen LogP contribution in [0.4, 0.5) is 8.78 Å². The fraction of sp³-hybridized carbons (Fsp3) is 0.438. The maximum atomic E-state index is 14.7. The van der Waals surface area contributed by atoms with Gasteiger partial charge in [-0.25, -0.2) is 8.78 Å². The van der Waals surface area contributed by atoms with Gasteiger partial charge in [0.1, 0.15) is 11.6 Å². The number of benzene rings is 3. The molecule has 1 aliphatic carbocycles. The lowest BCUT2D eigenvalue weighted by Crippen LogP contribution is -2.16. The maximum Gasteiger partial charge on any atom is 0.134 e. The van der Waals surface area contributed by atoms with Crippen molar-refractivity contribution in [2.75, 3.05) is 0 Å². The van der Waals surface area contributed by atoms with Crippen molar-refractivity contribution in [2.24, 2.45) is 11.8 Å². The van der Waals surface area contributed by atoms with E-state index < -0.39 is 11.6 Å². The predicted molar refractivity (Wildman–Crippen MR) is 144 cm³/mol. The summed E-state index contributed by atoms with van der Waals surface area (Å²) in [6.45, 7) is 2.24. The lowest BCUT2D eigenvalue weighted by Gasteiger charge is -2.28. The lowest BCUT2D eigenvalue weighted by molar-refractivity contribution is 0.253. The van der Waals surface area contributed by atoms with Crippen LogP contribution in [0.1, 0.15) is 75.0 Å². The number of hydrogen-bond acceptors (Lipinski definition) is 0. The quantitative estimate of drug-likeness (QED) is 0.263. The number of rotatable bonds is 10. The largest absolute Gasteiger partial charge is 0.206 e. The SMILES string of the molecule is CCCCc1ccc(CCC2CCC(CCc3cc(F)c(-c4ccc(Cl)cc4)c(F)c3)CC2)cc1. The Morgan fingerprint density at radius 1 is 0.686 bits per heavy atom. The third-order valence-corrected chi connectivity index (χ3v) is 7.98. The first kappa shape index (κ1) is 25.9. The minimum absolute atomic E-state index is 0.0292. The summed E-state index contributed by atoms with van der Waals surface area (Å²) in [7, 11) is 0. The van der Waals surface area contributed by atoms with E-state index in [1.54, 1.807) is 24.3 Å².